The van der Waals surface area contributed by atoms with Crippen LogP contribution in [0.3, 0.4) is 0 Å². The lowest BCUT2D eigenvalue weighted by molar-refractivity contribution is 0.458. The van der Waals surface area contributed by atoms with Gasteiger partial charge in [0.05, 0.1) is 11.8 Å². The molecule has 21 heavy (non-hydrogen) atoms. The normalized spacial score (nSPS) is 11.1. The van der Waals surface area contributed by atoms with Crippen LogP contribution in [0.2, 0.25) is 0 Å². The van der Waals surface area contributed by atoms with E-state index in [1.165, 1.54) is 0 Å². The van der Waals surface area contributed by atoms with Crippen molar-refractivity contribution < 1.29 is 26.3 Å². The zero-order valence-corrected chi connectivity index (χ0v) is 10.1. The molecule has 110 valence electrons. The Hall–Kier alpha value is -2.51. The molecule has 0 amide bonds. The lowest BCUT2D eigenvalue weighted by atomic mass is 10.2. The van der Waals surface area contributed by atoms with Gasteiger partial charge in [-0.15, -0.1) is 0 Å². The summed E-state index contributed by atoms with van der Waals surface area (Å²) < 4.78 is 78.8. The molecule has 0 atom stereocenters. The Kier molecular flexibility index (Phi) is 4.15. The lowest BCUT2D eigenvalue weighted by Gasteiger charge is -2.05. The first-order valence-electron chi connectivity index (χ1n) is 5.48. The van der Waals surface area contributed by atoms with E-state index in [1.807, 2.05) is 0 Å². The summed E-state index contributed by atoms with van der Waals surface area (Å²) in [6.45, 7) is 0. The van der Waals surface area contributed by atoms with E-state index in [4.69, 9.17) is 0 Å². The Bertz CT molecular complexity index is 668. The molecule has 8 heteroatoms. The average molecular weight is 304 g/mol. The number of hydrogen-bond donors (Lipinski definition) is 1. The van der Waals surface area contributed by atoms with E-state index >= 15 is 0 Å². The van der Waals surface area contributed by atoms with E-state index in [-0.39, 0.29) is 6.07 Å². The minimum absolute atomic E-state index is 0.0239. The smallest absolute Gasteiger partial charge is 0.186 e. The van der Waals surface area contributed by atoms with Gasteiger partial charge in [0.1, 0.15) is 17.3 Å². The van der Waals surface area contributed by atoms with Crippen molar-refractivity contribution in [3.05, 3.63) is 64.7 Å². The molecule has 0 saturated carbocycles. The largest absolute Gasteiger partial charge is 0.272 e. The number of hydrogen-bond acceptors (Lipinski definition) is 2. The summed E-state index contributed by atoms with van der Waals surface area (Å²) in [6, 6.07) is 3.01. The van der Waals surface area contributed by atoms with Gasteiger partial charge in [-0.2, -0.15) is 5.10 Å². The van der Waals surface area contributed by atoms with Crippen LogP contribution in [0.1, 0.15) is 5.56 Å². The first-order chi connectivity index (χ1) is 9.91. The van der Waals surface area contributed by atoms with Crippen molar-refractivity contribution in [2.45, 2.75) is 0 Å². The fourth-order valence-corrected chi connectivity index (χ4v) is 1.47. The summed E-state index contributed by atoms with van der Waals surface area (Å²) in [5.41, 5.74) is -0.117. The molecule has 0 aliphatic heterocycles. The highest BCUT2D eigenvalue weighted by atomic mass is 19.2. The molecule has 2 aromatic carbocycles. The summed E-state index contributed by atoms with van der Waals surface area (Å²) in [6.07, 6.45) is 0.590. The van der Waals surface area contributed by atoms with Crippen molar-refractivity contribution >= 4 is 11.9 Å². The zero-order chi connectivity index (χ0) is 15.6. The van der Waals surface area contributed by atoms with E-state index in [9.17, 15) is 26.3 Å². The van der Waals surface area contributed by atoms with E-state index in [0.29, 0.717) is 6.21 Å². The third-order valence-corrected chi connectivity index (χ3v) is 2.48. The van der Waals surface area contributed by atoms with Crippen LogP contribution in [0.5, 0.6) is 0 Å². The molecular formula is C13H6F6N2. The van der Waals surface area contributed by atoms with Gasteiger partial charge in [-0.3, -0.25) is 5.43 Å². The molecule has 0 aromatic heterocycles. The molecule has 2 nitrogen and oxygen atoms in total. The van der Waals surface area contributed by atoms with Gasteiger partial charge in [0, 0.05) is 6.07 Å². The summed E-state index contributed by atoms with van der Waals surface area (Å²) in [5.74, 6) is -8.62. The van der Waals surface area contributed by atoms with Crippen LogP contribution < -0.4 is 5.43 Å². The highest BCUT2D eigenvalue weighted by molar-refractivity contribution is 5.80. The molecular weight excluding hydrogens is 298 g/mol. The molecule has 2 aromatic rings. The maximum Gasteiger partial charge on any atom is 0.186 e. The number of rotatable bonds is 3. The average Bonchev–Trinajstić information content (AvgIpc) is 2.43. The molecule has 0 radical (unpaired) electrons. The summed E-state index contributed by atoms with van der Waals surface area (Å²) >= 11 is 0. The van der Waals surface area contributed by atoms with E-state index < -0.39 is 46.2 Å². The van der Waals surface area contributed by atoms with Gasteiger partial charge < -0.3 is 0 Å². The molecule has 0 spiro atoms. The molecule has 1 N–H and O–H groups in total. The molecule has 0 bridgehead atoms. The number of nitrogens with one attached hydrogen (secondary N) is 1. The molecule has 0 saturated heterocycles. The second-order valence-electron chi connectivity index (χ2n) is 3.85. The minimum Gasteiger partial charge on any atom is -0.272 e. The van der Waals surface area contributed by atoms with Crippen LogP contribution in [0.15, 0.2) is 29.4 Å². The quantitative estimate of drug-likeness (QED) is 0.394. The van der Waals surface area contributed by atoms with Gasteiger partial charge in [0.25, 0.3) is 0 Å². The molecule has 0 aliphatic rings. The van der Waals surface area contributed by atoms with Gasteiger partial charge in [-0.1, -0.05) is 6.07 Å². The van der Waals surface area contributed by atoms with Gasteiger partial charge >= 0.3 is 0 Å². The standard InChI is InChI=1S/C13H6F6N2/c14-7-2-1-3-8(15)6(7)5-20-21-13-11(18)9(16)4-10(17)12(13)19/h1-5,21H. The van der Waals surface area contributed by atoms with Crippen molar-refractivity contribution in [3.8, 4) is 0 Å². The minimum atomic E-state index is -1.71. The van der Waals surface area contributed by atoms with E-state index in [0.717, 1.165) is 18.2 Å². The summed E-state index contributed by atoms with van der Waals surface area (Å²) in [7, 11) is 0. The first kappa shape index (κ1) is 14.9. The Morgan fingerprint density at radius 1 is 0.810 bits per heavy atom. The van der Waals surface area contributed by atoms with Crippen LogP contribution in [-0.4, -0.2) is 6.21 Å². The maximum atomic E-state index is 13.3. The van der Waals surface area contributed by atoms with Gasteiger partial charge in [0.15, 0.2) is 23.3 Å². The Morgan fingerprint density at radius 3 is 1.86 bits per heavy atom. The van der Waals surface area contributed by atoms with Crippen molar-refractivity contribution in [2.24, 2.45) is 5.10 Å². The number of anilines is 1. The lowest BCUT2D eigenvalue weighted by Crippen LogP contribution is -2.03. The van der Waals surface area contributed by atoms with Crippen molar-refractivity contribution in [2.75, 3.05) is 5.43 Å². The fraction of sp³-hybridized carbons (Fsp3) is 0. The van der Waals surface area contributed by atoms with E-state index in [1.54, 1.807) is 5.43 Å². The van der Waals surface area contributed by atoms with Crippen LogP contribution in [0, 0.1) is 34.9 Å². The first-order valence-corrected chi connectivity index (χ1v) is 5.48. The molecule has 0 heterocycles. The summed E-state index contributed by atoms with van der Waals surface area (Å²) in [5, 5.41) is 3.17. The Morgan fingerprint density at radius 2 is 1.33 bits per heavy atom. The van der Waals surface area contributed by atoms with Crippen molar-refractivity contribution in [1.29, 1.82) is 0 Å². The molecule has 0 aliphatic carbocycles. The van der Waals surface area contributed by atoms with Crippen LogP contribution in [0.4, 0.5) is 32.0 Å². The topological polar surface area (TPSA) is 24.4 Å². The predicted octanol–water partition coefficient (Wildman–Crippen LogP) is 3.97. The van der Waals surface area contributed by atoms with Crippen molar-refractivity contribution in [1.82, 2.24) is 0 Å². The highest BCUT2D eigenvalue weighted by Crippen LogP contribution is 2.24. The van der Waals surface area contributed by atoms with Gasteiger partial charge in [0.2, 0.25) is 0 Å². The second kappa shape index (κ2) is 5.86. The number of nitrogens with zero attached hydrogens (tertiary/aromatic N) is 1. The predicted molar refractivity (Wildman–Crippen MR) is 63.8 cm³/mol. The highest BCUT2D eigenvalue weighted by Gasteiger charge is 2.18. The molecule has 2 rings (SSSR count). The third-order valence-electron chi connectivity index (χ3n) is 2.48. The number of hydrazone groups is 1. The number of benzene rings is 2. The summed E-state index contributed by atoms with van der Waals surface area (Å²) in [4.78, 5) is 0. The molecule has 0 fully saturated rings. The van der Waals surface area contributed by atoms with Gasteiger partial charge in [-0.05, 0) is 12.1 Å². The van der Waals surface area contributed by atoms with Crippen LogP contribution in [0.25, 0.3) is 0 Å². The Balaban J connectivity index is 2.31. The second-order valence-corrected chi connectivity index (χ2v) is 3.85. The third kappa shape index (κ3) is 2.99. The Labute approximate surface area is 114 Å². The maximum absolute atomic E-state index is 13.3. The van der Waals surface area contributed by atoms with E-state index in [2.05, 4.69) is 5.10 Å². The van der Waals surface area contributed by atoms with Crippen LogP contribution in [-0.2, 0) is 0 Å². The van der Waals surface area contributed by atoms with Gasteiger partial charge in [-0.25, -0.2) is 26.3 Å². The van der Waals surface area contributed by atoms with Crippen molar-refractivity contribution in [3.63, 3.8) is 0 Å². The monoisotopic (exact) mass is 304 g/mol. The SMILES string of the molecule is Fc1cc(F)c(F)c(NN=Cc2c(F)cccc2F)c1F. The fourth-order valence-electron chi connectivity index (χ4n) is 1.47. The number of halogens is 6. The zero-order valence-electron chi connectivity index (χ0n) is 10.1. The van der Waals surface area contributed by atoms with Crippen LogP contribution >= 0.6 is 0 Å². The molecule has 0 unspecified atom stereocenters.